The Hall–Kier alpha value is -1.83. The average Bonchev–Trinajstić information content (AvgIpc) is 2.94. The van der Waals surface area contributed by atoms with E-state index in [2.05, 4.69) is 20.2 Å². The zero-order chi connectivity index (χ0) is 16.2. The molecule has 1 unspecified atom stereocenters. The summed E-state index contributed by atoms with van der Waals surface area (Å²) in [6.45, 7) is 5.74. The van der Waals surface area contributed by atoms with Gasteiger partial charge in [-0.2, -0.15) is 4.98 Å². The van der Waals surface area contributed by atoms with Gasteiger partial charge in [0.2, 0.25) is 5.95 Å². The number of hydrogen-bond donors (Lipinski definition) is 2. The van der Waals surface area contributed by atoms with Gasteiger partial charge in [0.15, 0.2) is 0 Å². The predicted octanol–water partition coefficient (Wildman–Crippen LogP) is 2.10. The molecular formula is C15H20ClN5O2. The van der Waals surface area contributed by atoms with Crippen molar-refractivity contribution in [2.24, 2.45) is 0 Å². The molecular weight excluding hydrogens is 318 g/mol. The molecule has 0 aliphatic carbocycles. The van der Waals surface area contributed by atoms with Gasteiger partial charge < -0.3 is 20.2 Å². The molecule has 1 saturated heterocycles. The van der Waals surface area contributed by atoms with Gasteiger partial charge in [-0.25, -0.2) is 4.98 Å². The van der Waals surface area contributed by atoms with Crippen LogP contribution in [0.25, 0.3) is 0 Å². The van der Waals surface area contributed by atoms with Crippen LogP contribution in [0.2, 0.25) is 5.15 Å². The van der Waals surface area contributed by atoms with E-state index < -0.39 is 0 Å². The van der Waals surface area contributed by atoms with Gasteiger partial charge in [0.05, 0.1) is 19.3 Å². The Morgan fingerprint density at radius 1 is 1.35 bits per heavy atom. The number of nitrogens with zero attached hydrogens (tertiary/aromatic N) is 3. The molecule has 2 aromatic heterocycles. The fraction of sp³-hybridized carbons (Fsp3) is 0.467. The minimum Gasteiger partial charge on any atom is -0.465 e. The molecule has 3 heterocycles. The van der Waals surface area contributed by atoms with Gasteiger partial charge in [-0.3, -0.25) is 4.90 Å². The maximum Gasteiger partial charge on any atom is 0.223 e. The lowest BCUT2D eigenvalue weighted by atomic mass is 10.1. The summed E-state index contributed by atoms with van der Waals surface area (Å²) < 4.78 is 11.3. The number of ether oxygens (including phenoxy) is 1. The minimum atomic E-state index is 0.0857. The highest BCUT2D eigenvalue weighted by molar-refractivity contribution is 6.29. The molecule has 0 radical (unpaired) electrons. The number of nitrogen functional groups attached to an aromatic ring is 1. The summed E-state index contributed by atoms with van der Waals surface area (Å²) in [7, 11) is 0. The highest BCUT2D eigenvalue weighted by Crippen LogP contribution is 2.24. The number of nitrogens with one attached hydrogen (secondary N) is 1. The van der Waals surface area contributed by atoms with Gasteiger partial charge in [0, 0.05) is 25.7 Å². The van der Waals surface area contributed by atoms with Crippen LogP contribution in [0.3, 0.4) is 0 Å². The number of furan rings is 1. The van der Waals surface area contributed by atoms with E-state index in [9.17, 15) is 0 Å². The topological polar surface area (TPSA) is 89.4 Å². The van der Waals surface area contributed by atoms with Crippen LogP contribution >= 0.6 is 11.6 Å². The molecule has 0 bridgehead atoms. The summed E-state index contributed by atoms with van der Waals surface area (Å²) in [6.07, 6.45) is 0. The van der Waals surface area contributed by atoms with Gasteiger partial charge in [-0.05, 0) is 19.1 Å². The van der Waals surface area contributed by atoms with Crippen LogP contribution in [-0.2, 0) is 4.74 Å². The van der Waals surface area contributed by atoms with Crippen molar-refractivity contribution in [2.75, 3.05) is 43.9 Å². The van der Waals surface area contributed by atoms with Crippen molar-refractivity contribution in [2.45, 2.75) is 13.0 Å². The lowest BCUT2D eigenvalue weighted by molar-refractivity contribution is 0.0143. The zero-order valence-corrected chi connectivity index (χ0v) is 13.7. The van der Waals surface area contributed by atoms with Crippen LogP contribution in [-0.4, -0.2) is 47.7 Å². The zero-order valence-electron chi connectivity index (χ0n) is 13.0. The summed E-state index contributed by atoms with van der Waals surface area (Å²) in [4.78, 5) is 10.3. The first-order valence-corrected chi connectivity index (χ1v) is 7.91. The van der Waals surface area contributed by atoms with Crippen molar-refractivity contribution in [3.63, 3.8) is 0 Å². The Kier molecular flexibility index (Phi) is 5.00. The minimum absolute atomic E-state index is 0.0857. The largest absolute Gasteiger partial charge is 0.465 e. The van der Waals surface area contributed by atoms with Crippen molar-refractivity contribution in [1.82, 2.24) is 14.9 Å². The van der Waals surface area contributed by atoms with Crippen LogP contribution in [0.5, 0.6) is 0 Å². The van der Waals surface area contributed by atoms with Crippen molar-refractivity contribution in [1.29, 1.82) is 0 Å². The summed E-state index contributed by atoms with van der Waals surface area (Å²) in [6, 6.07) is 5.73. The molecule has 8 heteroatoms. The fourth-order valence-corrected chi connectivity index (χ4v) is 2.85. The first-order chi connectivity index (χ1) is 11.1. The highest BCUT2D eigenvalue weighted by Gasteiger charge is 2.25. The Morgan fingerprint density at radius 3 is 2.78 bits per heavy atom. The highest BCUT2D eigenvalue weighted by atomic mass is 35.5. The molecule has 1 fully saturated rings. The number of aromatic nitrogens is 2. The summed E-state index contributed by atoms with van der Waals surface area (Å²) in [5.74, 6) is 2.57. The van der Waals surface area contributed by atoms with Crippen molar-refractivity contribution >= 4 is 23.4 Å². The second-order valence-corrected chi connectivity index (χ2v) is 5.81. The molecule has 0 aromatic carbocycles. The molecule has 1 aliphatic heterocycles. The third kappa shape index (κ3) is 4.13. The standard InChI is InChI=1S/C15H20ClN5O2/c1-10-2-3-12(23-10)11(21-4-6-22-7-5-21)9-18-14-8-13(16)19-15(17)20-14/h2-3,8,11H,4-7,9H2,1H3,(H3,17,18,19,20). The monoisotopic (exact) mass is 337 g/mol. The van der Waals surface area contributed by atoms with Crippen LogP contribution < -0.4 is 11.1 Å². The Morgan fingerprint density at radius 2 is 2.13 bits per heavy atom. The van der Waals surface area contributed by atoms with E-state index >= 15 is 0 Å². The molecule has 0 saturated carbocycles. The number of nitrogens with two attached hydrogens (primary N) is 1. The first-order valence-electron chi connectivity index (χ1n) is 7.54. The average molecular weight is 338 g/mol. The van der Waals surface area contributed by atoms with E-state index in [1.165, 1.54) is 0 Å². The lowest BCUT2D eigenvalue weighted by Crippen LogP contribution is -2.41. The Balaban J connectivity index is 1.75. The summed E-state index contributed by atoms with van der Waals surface area (Å²) in [5, 5.41) is 3.59. The number of anilines is 2. The molecule has 1 aliphatic rings. The van der Waals surface area contributed by atoms with E-state index in [4.69, 9.17) is 26.5 Å². The van der Waals surface area contributed by atoms with Crippen LogP contribution in [0.15, 0.2) is 22.6 Å². The molecule has 124 valence electrons. The third-order valence-electron chi connectivity index (χ3n) is 3.76. The number of hydrogen-bond acceptors (Lipinski definition) is 7. The smallest absolute Gasteiger partial charge is 0.223 e. The van der Waals surface area contributed by atoms with E-state index in [1.54, 1.807) is 6.07 Å². The molecule has 0 amide bonds. The lowest BCUT2D eigenvalue weighted by Gasteiger charge is -2.33. The van der Waals surface area contributed by atoms with Gasteiger partial charge in [-0.15, -0.1) is 0 Å². The van der Waals surface area contributed by atoms with Gasteiger partial charge in [-0.1, -0.05) is 11.6 Å². The number of halogens is 1. The van der Waals surface area contributed by atoms with Gasteiger partial charge >= 0.3 is 0 Å². The number of rotatable bonds is 5. The van der Waals surface area contributed by atoms with Gasteiger partial charge in [0.1, 0.15) is 22.5 Å². The van der Waals surface area contributed by atoms with Crippen molar-refractivity contribution in [3.05, 3.63) is 34.9 Å². The fourth-order valence-electron chi connectivity index (χ4n) is 2.66. The number of morpholine rings is 1. The summed E-state index contributed by atoms with van der Waals surface area (Å²) >= 11 is 5.92. The van der Waals surface area contributed by atoms with Crippen LogP contribution in [0.1, 0.15) is 17.6 Å². The van der Waals surface area contributed by atoms with E-state index in [0.717, 1.165) is 37.8 Å². The van der Waals surface area contributed by atoms with E-state index in [0.29, 0.717) is 17.5 Å². The van der Waals surface area contributed by atoms with Crippen LogP contribution in [0, 0.1) is 6.92 Å². The molecule has 2 aromatic rings. The molecule has 3 rings (SSSR count). The SMILES string of the molecule is Cc1ccc(C(CNc2cc(Cl)nc(N)n2)N2CCOCC2)o1. The second kappa shape index (κ2) is 7.16. The molecule has 3 N–H and O–H groups in total. The van der Waals surface area contributed by atoms with Crippen LogP contribution in [0.4, 0.5) is 11.8 Å². The molecule has 7 nitrogen and oxygen atoms in total. The Bertz CT molecular complexity index is 637. The maximum atomic E-state index is 5.92. The maximum absolute atomic E-state index is 5.92. The first kappa shape index (κ1) is 16.0. The molecule has 0 spiro atoms. The molecule has 23 heavy (non-hydrogen) atoms. The quantitative estimate of drug-likeness (QED) is 0.807. The van der Waals surface area contributed by atoms with Gasteiger partial charge in [0.25, 0.3) is 0 Å². The Labute approximate surface area is 139 Å². The molecule has 1 atom stereocenters. The number of aryl methyl sites for hydroxylation is 1. The second-order valence-electron chi connectivity index (χ2n) is 5.43. The third-order valence-corrected chi connectivity index (χ3v) is 3.96. The summed E-state index contributed by atoms with van der Waals surface area (Å²) in [5.41, 5.74) is 5.63. The van der Waals surface area contributed by atoms with E-state index in [-0.39, 0.29) is 12.0 Å². The van der Waals surface area contributed by atoms with Crippen molar-refractivity contribution < 1.29 is 9.15 Å². The van der Waals surface area contributed by atoms with E-state index in [1.807, 2.05) is 19.1 Å². The predicted molar refractivity (Wildman–Crippen MR) is 88.5 cm³/mol. The normalized spacial score (nSPS) is 17.1. The van der Waals surface area contributed by atoms with Crippen molar-refractivity contribution in [3.8, 4) is 0 Å².